The summed E-state index contributed by atoms with van der Waals surface area (Å²) in [7, 11) is 0. The number of nitrogens with one attached hydrogen (secondary N) is 1. The Morgan fingerprint density at radius 1 is 1.24 bits per heavy atom. The van der Waals surface area contributed by atoms with E-state index in [0.717, 1.165) is 11.1 Å². The SMILES string of the molecule is Cc1ccc(C)c(NC(=O)c2cccc(N)c2[N+](=O)[O-])c1. The second-order valence-electron chi connectivity index (χ2n) is 4.77. The van der Waals surface area contributed by atoms with E-state index in [0.29, 0.717) is 5.69 Å². The van der Waals surface area contributed by atoms with Gasteiger partial charge in [-0.25, -0.2) is 0 Å². The minimum absolute atomic E-state index is 0.0337. The number of anilines is 2. The summed E-state index contributed by atoms with van der Waals surface area (Å²) in [6.07, 6.45) is 0. The van der Waals surface area contributed by atoms with Crippen LogP contribution in [-0.4, -0.2) is 10.8 Å². The first-order valence-corrected chi connectivity index (χ1v) is 6.31. The van der Waals surface area contributed by atoms with Crippen LogP contribution in [0, 0.1) is 24.0 Å². The van der Waals surface area contributed by atoms with Gasteiger partial charge < -0.3 is 11.1 Å². The van der Waals surface area contributed by atoms with Gasteiger partial charge in [-0.2, -0.15) is 0 Å². The molecule has 6 heteroatoms. The number of hydrogen-bond donors (Lipinski definition) is 2. The second-order valence-corrected chi connectivity index (χ2v) is 4.77. The maximum atomic E-state index is 12.3. The molecule has 2 aromatic rings. The molecule has 0 saturated heterocycles. The Kier molecular flexibility index (Phi) is 3.89. The molecule has 0 atom stereocenters. The molecular weight excluding hydrogens is 270 g/mol. The average Bonchev–Trinajstić information content (AvgIpc) is 2.42. The molecule has 0 heterocycles. The Morgan fingerprint density at radius 2 is 1.95 bits per heavy atom. The zero-order valence-electron chi connectivity index (χ0n) is 11.7. The van der Waals surface area contributed by atoms with Crippen molar-refractivity contribution in [1.82, 2.24) is 0 Å². The first-order valence-electron chi connectivity index (χ1n) is 6.31. The summed E-state index contributed by atoms with van der Waals surface area (Å²) < 4.78 is 0. The lowest BCUT2D eigenvalue weighted by Crippen LogP contribution is -2.15. The van der Waals surface area contributed by atoms with Crippen molar-refractivity contribution >= 4 is 23.0 Å². The molecule has 0 radical (unpaired) electrons. The van der Waals surface area contributed by atoms with Gasteiger partial charge in [0.15, 0.2) is 0 Å². The number of nitro groups is 1. The van der Waals surface area contributed by atoms with Crippen molar-refractivity contribution in [3.63, 3.8) is 0 Å². The Hall–Kier alpha value is -2.89. The molecule has 0 aliphatic heterocycles. The smallest absolute Gasteiger partial charge is 0.304 e. The lowest BCUT2D eigenvalue weighted by atomic mass is 10.1. The zero-order valence-corrected chi connectivity index (χ0v) is 11.7. The predicted octanol–water partition coefficient (Wildman–Crippen LogP) is 3.05. The van der Waals surface area contributed by atoms with Crippen molar-refractivity contribution in [1.29, 1.82) is 0 Å². The van der Waals surface area contributed by atoms with Crippen molar-refractivity contribution in [2.75, 3.05) is 11.1 Å². The maximum Gasteiger partial charge on any atom is 0.304 e. The van der Waals surface area contributed by atoms with Crippen LogP contribution >= 0.6 is 0 Å². The number of benzene rings is 2. The van der Waals surface area contributed by atoms with Gasteiger partial charge in [-0.3, -0.25) is 14.9 Å². The third-order valence-electron chi connectivity index (χ3n) is 3.14. The molecule has 6 nitrogen and oxygen atoms in total. The van der Waals surface area contributed by atoms with E-state index >= 15 is 0 Å². The molecule has 0 aliphatic carbocycles. The van der Waals surface area contributed by atoms with Crippen molar-refractivity contribution in [2.45, 2.75) is 13.8 Å². The Labute approximate surface area is 121 Å². The topological polar surface area (TPSA) is 98.3 Å². The van der Waals surface area contributed by atoms with Gasteiger partial charge in [-0.05, 0) is 43.2 Å². The fourth-order valence-corrected chi connectivity index (χ4v) is 2.01. The van der Waals surface area contributed by atoms with Crippen LogP contribution in [0.25, 0.3) is 0 Å². The summed E-state index contributed by atoms with van der Waals surface area (Å²) in [5, 5.41) is 13.8. The Morgan fingerprint density at radius 3 is 2.62 bits per heavy atom. The summed E-state index contributed by atoms with van der Waals surface area (Å²) in [6, 6.07) is 9.90. The lowest BCUT2D eigenvalue weighted by molar-refractivity contribution is -0.384. The third-order valence-corrected chi connectivity index (χ3v) is 3.14. The molecule has 0 bridgehead atoms. The van der Waals surface area contributed by atoms with E-state index in [1.54, 1.807) is 0 Å². The number of carbonyl (C=O) groups is 1. The van der Waals surface area contributed by atoms with Gasteiger partial charge in [0.1, 0.15) is 11.3 Å². The summed E-state index contributed by atoms with van der Waals surface area (Å²) in [6.45, 7) is 3.75. The van der Waals surface area contributed by atoms with E-state index < -0.39 is 10.8 Å². The number of para-hydroxylation sites is 1. The summed E-state index contributed by atoms with van der Waals surface area (Å²) in [5.74, 6) is -0.553. The Bertz CT molecular complexity index is 726. The molecule has 2 aromatic carbocycles. The number of nitrogen functional groups attached to an aromatic ring is 1. The van der Waals surface area contributed by atoms with Crippen LogP contribution in [-0.2, 0) is 0 Å². The van der Waals surface area contributed by atoms with Gasteiger partial charge in [-0.1, -0.05) is 18.2 Å². The largest absolute Gasteiger partial charge is 0.393 e. The third kappa shape index (κ3) is 3.00. The van der Waals surface area contributed by atoms with Gasteiger partial charge in [0.2, 0.25) is 0 Å². The number of aryl methyl sites for hydroxylation is 2. The highest BCUT2D eigenvalue weighted by Gasteiger charge is 2.23. The van der Waals surface area contributed by atoms with Crippen molar-refractivity contribution in [2.24, 2.45) is 0 Å². The van der Waals surface area contributed by atoms with Crippen LogP contribution in [0.4, 0.5) is 17.1 Å². The number of rotatable bonds is 3. The van der Waals surface area contributed by atoms with Crippen LogP contribution in [0.15, 0.2) is 36.4 Å². The molecule has 0 spiro atoms. The minimum Gasteiger partial charge on any atom is -0.393 e. The minimum atomic E-state index is -0.645. The van der Waals surface area contributed by atoms with Crippen LogP contribution in [0.1, 0.15) is 21.5 Å². The number of nitrogens with two attached hydrogens (primary N) is 1. The first-order chi connectivity index (χ1) is 9.90. The molecule has 0 aromatic heterocycles. The number of nitro benzene ring substituents is 1. The number of nitrogens with zero attached hydrogens (tertiary/aromatic N) is 1. The fourth-order valence-electron chi connectivity index (χ4n) is 2.01. The van der Waals surface area contributed by atoms with E-state index in [4.69, 9.17) is 5.73 Å². The summed E-state index contributed by atoms with van der Waals surface area (Å²) in [4.78, 5) is 22.7. The number of amides is 1. The number of carbonyl (C=O) groups excluding carboxylic acids is 1. The molecule has 3 N–H and O–H groups in total. The van der Waals surface area contributed by atoms with Gasteiger partial charge in [0, 0.05) is 5.69 Å². The van der Waals surface area contributed by atoms with E-state index in [1.807, 2.05) is 32.0 Å². The molecule has 0 saturated carbocycles. The van der Waals surface area contributed by atoms with Gasteiger partial charge in [0.25, 0.3) is 5.91 Å². The van der Waals surface area contributed by atoms with Gasteiger partial charge in [-0.15, -0.1) is 0 Å². The first kappa shape index (κ1) is 14.5. The maximum absolute atomic E-state index is 12.3. The fraction of sp³-hybridized carbons (Fsp3) is 0.133. The van der Waals surface area contributed by atoms with Crippen LogP contribution in [0.2, 0.25) is 0 Å². The van der Waals surface area contributed by atoms with Crippen LogP contribution in [0.3, 0.4) is 0 Å². The van der Waals surface area contributed by atoms with Gasteiger partial charge >= 0.3 is 5.69 Å². The number of hydrogen-bond acceptors (Lipinski definition) is 4. The van der Waals surface area contributed by atoms with E-state index in [2.05, 4.69) is 5.32 Å². The van der Waals surface area contributed by atoms with Crippen LogP contribution in [0.5, 0.6) is 0 Å². The Balaban J connectivity index is 2.40. The molecule has 108 valence electrons. The lowest BCUT2D eigenvalue weighted by Gasteiger charge is -2.10. The molecular formula is C15H15N3O3. The predicted molar refractivity (Wildman–Crippen MR) is 81.4 cm³/mol. The molecule has 0 aliphatic rings. The summed E-state index contributed by atoms with van der Waals surface area (Å²) >= 11 is 0. The zero-order chi connectivity index (χ0) is 15.6. The standard InChI is InChI=1S/C15H15N3O3/c1-9-6-7-10(2)13(8-9)17-15(19)11-4-3-5-12(16)14(11)18(20)21/h3-8H,16H2,1-2H3,(H,17,19). The monoisotopic (exact) mass is 285 g/mol. The van der Waals surface area contributed by atoms with Crippen molar-refractivity contribution < 1.29 is 9.72 Å². The van der Waals surface area contributed by atoms with Crippen molar-refractivity contribution in [3.05, 3.63) is 63.2 Å². The van der Waals surface area contributed by atoms with Crippen molar-refractivity contribution in [3.8, 4) is 0 Å². The highest BCUT2D eigenvalue weighted by Crippen LogP contribution is 2.27. The normalized spacial score (nSPS) is 10.2. The average molecular weight is 285 g/mol. The molecule has 21 heavy (non-hydrogen) atoms. The van der Waals surface area contributed by atoms with E-state index in [1.165, 1.54) is 18.2 Å². The summed E-state index contributed by atoms with van der Waals surface area (Å²) in [5.41, 5.74) is 7.60. The molecule has 2 rings (SSSR count). The quantitative estimate of drug-likeness (QED) is 0.514. The van der Waals surface area contributed by atoms with Gasteiger partial charge in [0.05, 0.1) is 4.92 Å². The molecule has 1 amide bonds. The highest BCUT2D eigenvalue weighted by atomic mass is 16.6. The highest BCUT2D eigenvalue weighted by molar-refractivity contribution is 6.08. The van der Waals surface area contributed by atoms with E-state index in [-0.39, 0.29) is 16.9 Å². The second kappa shape index (κ2) is 5.62. The van der Waals surface area contributed by atoms with Crippen LogP contribution < -0.4 is 11.1 Å². The molecule has 0 fully saturated rings. The molecule has 0 unspecified atom stereocenters. The van der Waals surface area contributed by atoms with E-state index in [9.17, 15) is 14.9 Å².